The Balaban J connectivity index is 2.49. The number of rotatable bonds is 7. The second-order valence-electron chi connectivity index (χ2n) is 3.52. The Hall–Kier alpha value is -1.39. The maximum atomic E-state index is 11.5. The summed E-state index contributed by atoms with van der Waals surface area (Å²) >= 11 is 0. The molecule has 0 spiro atoms. The minimum Gasteiger partial charge on any atom is -0.465 e. The lowest BCUT2D eigenvalue weighted by Crippen LogP contribution is -2.20. The molecule has 0 unspecified atom stereocenters. The molecule has 0 bridgehead atoms. The zero-order valence-electron chi connectivity index (χ0n) is 10.4. The Morgan fingerprint density at radius 1 is 1.35 bits per heavy atom. The van der Waals surface area contributed by atoms with E-state index in [1.165, 1.54) is 7.11 Å². The van der Waals surface area contributed by atoms with E-state index in [4.69, 9.17) is 9.47 Å². The Morgan fingerprint density at radius 3 is 2.82 bits per heavy atom. The molecule has 0 saturated heterocycles. The van der Waals surface area contributed by atoms with Gasteiger partial charge in [0, 0.05) is 19.7 Å². The molecule has 1 rings (SSSR count). The SMILES string of the molecule is CCOCCNCc1ccccc1C(=O)OC. The van der Waals surface area contributed by atoms with Crippen molar-refractivity contribution in [2.75, 3.05) is 26.9 Å². The number of carbonyl (C=O) groups excluding carboxylic acids is 1. The minimum atomic E-state index is -0.299. The molecule has 0 atom stereocenters. The van der Waals surface area contributed by atoms with E-state index < -0.39 is 0 Å². The molecule has 1 aromatic carbocycles. The van der Waals surface area contributed by atoms with Crippen molar-refractivity contribution in [3.8, 4) is 0 Å². The average molecular weight is 237 g/mol. The van der Waals surface area contributed by atoms with Crippen molar-refractivity contribution in [3.05, 3.63) is 35.4 Å². The fourth-order valence-corrected chi connectivity index (χ4v) is 1.50. The summed E-state index contributed by atoms with van der Waals surface area (Å²) in [5.41, 5.74) is 1.55. The lowest BCUT2D eigenvalue weighted by atomic mass is 10.1. The fourth-order valence-electron chi connectivity index (χ4n) is 1.50. The number of benzene rings is 1. The molecule has 4 heteroatoms. The zero-order chi connectivity index (χ0) is 12.5. The van der Waals surface area contributed by atoms with E-state index in [1.807, 2.05) is 25.1 Å². The average Bonchev–Trinajstić information content (AvgIpc) is 2.38. The highest BCUT2D eigenvalue weighted by Crippen LogP contribution is 2.09. The molecule has 0 radical (unpaired) electrons. The van der Waals surface area contributed by atoms with Crippen LogP contribution in [-0.4, -0.2) is 32.8 Å². The number of methoxy groups -OCH3 is 1. The third kappa shape index (κ3) is 4.54. The molecule has 0 aromatic heterocycles. The van der Waals surface area contributed by atoms with Crippen LogP contribution in [0.4, 0.5) is 0 Å². The number of carbonyl (C=O) groups is 1. The highest BCUT2D eigenvalue weighted by atomic mass is 16.5. The first-order chi connectivity index (χ1) is 8.29. The number of hydrogen-bond acceptors (Lipinski definition) is 4. The molecule has 0 saturated carbocycles. The Morgan fingerprint density at radius 2 is 2.12 bits per heavy atom. The third-order valence-electron chi connectivity index (χ3n) is 2.37. The van der Waals surface area contributed by atoms with Crippen LogP contribution in [0.3, 0.4) is 0 Å². The van der Waals surface area contributed by atoms with Gasteiger partial charge in [-0.25, -0.2) is 4.79 Å². The Labute approximate surface area is 102 Å². The number of nitrogens with one attached hydrogen (secondary N) is 1. The van der Waals surface area contributed by atoms with Gasteiger partial charge in [0.05, 0.1) is 19.3 Å². The van der Waals surface area contributed by atoms with Crippen LogP contribution in [0.1, 0.15) is 22.8 Å². The van der Waals surface area contributed by atoms with Crippen molar-refractivity contribution in [1.29, 1.82) is 0 Å². The van der Waals surface area contributed by atoms with Gasteiger partial charge in [0.25, 0.3) is 0 Å². The van der Waals surface area contributed by atoms with Gasteiger partial charge in [0.15, 0.2) is 0 Å². The van der Waals surface area contributed by atoms with Crippen molar-refractivity contribution < 1.29 is 14.3 Å². The lowest BCUT2D eigenvalue weighted by molar-refractivity contribution is 0.0599. The first kappa shape index (κ1) is 13.7. The summed E-state index contributed by atoms with van der Waals surface area (Å²) in [5, 5.41) is 3.22. The van der Waals surface area contributed by atoms with Gasteiger partial charge in [0.2, 0.25) is 0 Å². The van der Waals surface area contributed by atoms with Crippen LogP contribution < -0.4 is 5.32 Å². The van der Waals surface area contributed by atoms with E-state index in [-0.39, 0.29) is 5.97 Å². The first-order valence-corrected chi connectivity index (χ1v) is 5.74. The lowest BCUT2D eigenvalue weighted by Gasteiger charge is -2.09. The molecule has 94 valence electrons. The van der Waals surface area contributed by atoms with Crippen molar-refractivity contribution in [1.82, 2.24) is 5.32 Å². The zero-order valence-corrected chi connectivity index (χ0v) is 10.4. The molecule has 0 aliphatic rings. The number of hydrogen-bond donors (Lipinski definition) is 1. The Kier molecular flexibility index (Phi) is 6.29. The molecule has 0 aliphatic carbocycles. The van der Waals surface area contributed by atoms with Crippen molar-refractivity contribution in [2.45, 2.75) is 13.5 Å². The van der Waals surface area contributed by atoms with Crippen LogP contribution in [0.15, 0.2) is 24.3 Å². The van der Waals surface area contributed by atoms with E-state index in [9.17, 15) is 4.79 Å². The van der Waals surface area contributed by atoms with Gasteiger partial charge in [-0.1, -0.05) is 18.2 Å². The second kappa shape index (κ2) is 7.81. The maximum Gasteiger partial charge on any atom is 0.338 e. The summed E-state index contributed by atoms with van der Waals surface area (Å²) in [5.74, 6) is -0.299. The highest BCUT2D eigenvalue weighted by Gasteiger charge is 2.09. The molecule has 0 amide bonds. The van der Waals surface area contributed by atoms with Gasteiger partial charge in [-0.05, 0) is 18.6 Å². The van der Waals surface area contributed by atoms with E-state index in [2.05, 4.69) is 5.32 Å². The molecule has 1 N–H and O–H groups in total. The van der Waals surface area contributed by atoms with Gasteiger partial charge in [-0.15, -0.1) is 0 Å². The van der Waals surface area contributed by atoms with Gasteiger partial charge in [-0.3, -0.25) is 0 Å². The molecular weight excluding hydrogens is 218 g/mol. The molecule has 0 aliphatic heterocycles. The molecule has 4 nitrogen and oxygen atoms in total. The van der Waals surface area contributed by atoms with Gasteiger partial charge >= 0.3 is 5.97 Å². The van der Waals surface area contributed by atoms with E-state index >= 15 is 0 Å². The summed E-state index contributed by atoms with van der Waals surface area (Å²) < 4.78 is 9.95. The predicted molar refractivity (Wildman–Crippen MR) is 66.0 cm³/mol. The normalized spacial score (nSPS) is 10.2. The smallest absolute Gasteiger partial charge is 0.338 e. The van der Waals surface area contributed by atoms with Crippen LogP contribution in [0.25, 0.3) is 0 Å². The molecule has 0 fully saturated rings. The molecule has 1 aromatic rings. The first-order valence-electron chi connectivity index (χ1n) is 5.74. The summed E-state index contributed by atoms with van der Waals surface area (Å²) in [7, 11) is 1.39. The van der Waals surface area contributed by atoms with Crippen molar-refractivity contribution in [3.63, 3.8) is 0 Å². The van der Waals surface area contributed by atoms with Crippen LogP contribution in [-0.2, 0) is 16.0 Å². The van der Waals surface area contributed by atoms with Gasteiger partial charge in [0.1, 0.15) is 0 Å². The van der Waals surface area contributed by atoms with E-state index in [0.717, 1.165) is 18.7 Å². The summed E-state index contributed by atoms with van der Waals surface area (Å²) in [6, 6.07) is 7.42. The van der Waals surface area contributed by atoms with Crippen LogP contribution >= 0.6 is 0 Å². The quantitative estimate of drug-likeness (QED) is 0.578. The molecule has 17 heavy (non-hydrogen) atoms. The topological polar surface area (TPSA) is 47.6 Å². The van der Waals surface area contributed by atoms with Crippen molar-refractivity contribution >= 4 is 5.97 Å². The monoisotopic (exact) mass is 237 g/mol. The highest BCUT2D eigenvalue weighted by molar-refractivity contribution is 5.90. The van der Waals surface area contributed by atoms with Crippen molar-refractivity contribution in [2.24, 2.45) is 0 Å². The van der Waals surface area contributed by atoms with E-state index in [1.54, 1.807) is 6.07 Å². The largest absolute Gasteiger partial charge is 0.465 e. The fraction of sp³-hybridized carbons (Fsp3) is 0.462. The number of esters is 1. The molecular formula is C13H19NO3. The maximum absolute atomic E-state index is 11.5. The second-order valence-corrected chi connectivity index (χ2v) is 3.52. The predicted octanol–water partition coefficient (Wildman–Crippen LogP) is 1.60. The number of ether oxygens (including phenoxy) is 2. The summed E-state index contributed by atoms with van der Waals surface area (Å²) in [6.07, 6.45) is 0. The van der Waals surface area contributed by atoms with E-state index in [0.29, 0.717) is 18.7 Å². The molecule has 0 heterocycles. The Bertz CT molecular complexity index is 352. The van der Waals surface area contributed by atoms with Crippen LogP contribution in [0.2, 0.25) is 0 Å². The van der Waals surface area contributed by atoms with Crippen LogP contribution in [0.5, 0.6) is 0 Å². The standard InChI is InChI=1S/C13H19NO3/c1-3-17-9-8-14-10-11-6-4-5-7-12(11)13(15)16-2/h4-7,14H,3,8-10H2,1-2H3. The minimum absolute atomic E-state index is 0.299. The third-order valence-corrected chi connectivity index (χ3v) is 2.37. The van der Waals surface area contributed by atoms with Gasteiger partial charge < -0.3 is 14.8 Å². The summed E-state index contributed by atoms with van der Waals surface area (Å²) in [4.78, 5) is 11.5. The van der Waals surface area contributed by atoms with Crippen LogP contribution in [0, 0.1) is 0 Å². The van der Waals surface area contributed by atoms with Gasteiger partial charge in [-0.2, -0.15) is 0 Å². The summed E-state index contributed by atoms with van der Waals surface area (Å²) in [6.45, 7) is 4.77.